The number of hydrogen-bond acceptors (Lipinski definition) is 6. The van der Waals surface area contributed by atoms with Crippen LogP contribution in [0.3, 0.4) is 0 Å². The second-order valence-corrected chi connectivity index (χ2v) is 9.59. The van der Waals surface area contributed by atoms with Crippen LogP contribution < -0.4 is 5.32 Å². The fourth-order valence-corrected chi connectivity index (χ4v) is 4.48. The van der Waals surface area contributed by atoms with E-state index in [0.717, 1.165) is 36.5 Å². The summed E-state index contributed by atoms with van der Waals surface area (Å²) >= 11 is 0. The molecule has 1 N–H and O–H groups in total. The molecule has 8 heteroatoms. The molecule has 6 nitrogen and oxygen atoms in total. The van der Waals surface area contributed by atoms with Gasteiger partial charge in [0.2, 0.25) is 5.89 Å². The van der Waals surface area contributed by atoms with Gasteiger partial charge in [0.1, 0.15) is 36.3 Å². The number of alkyl halides is 2. The largest absolute Gasteiger partial charge is 0.493 e. The number of aromatic nitrogens is 1. The standard InChI is InChI=1S/C26H33F2N3O3/c1-26(2,3)23(30-5)25-31-20(14-33-15-21(29-4)24(27)28)22(34-25)18-11-10-17-9-8-16(7-6-12-32)13-19(17)18/h8-9,12-13,15,18,23-24,30H,4,6-7,10-11,14H2,1-3,5H3/b21-15-/t18-,23+/m0/s1. The van der Waals surface area contributed by atoms with Crippen molar-refractivity contribution in [2.45, 2.75) is 71.4 Å². The number of allylic oxidation sites excluding steroid dienone is 1. The summed E-state index contributed by atoms with van der Waals surface area (Å²) in [5.41, 5.74) is 3.37. The van der Waals surface area contributed by atoms with Crippen molar-refractivity contribution in [1.29, 1.82) is 0 Å². The van der Waals surface area contributed by atoms with Crippen molar-refractivity contribution in [2.75, 3.05) is 7.05 Å². The van der Waals surface area contributed by atoms with E-state index in [0.29, 0.717) is 30.2 Å². The summed E-state index contributed by atoms with van der Waals surface area (Å²) in [5.74, 6) is 1.19. The highest BCUT2D eigenvalue weighted by molar-refractivity contribution is 5.51. The highest BCUT2D eigenvalue weighted by Gasteiger charge is 2.35. The van der Waals surface area contributed by atoms with Gasteiger partial charge in [-0.1, -0.05) is 39.0 Å². The molecule has 1 heterocycles. The lowest BCUT2D eigenvalue weighted by Crippen LogP contribution is -2.29. The van der Waals surface area contributed by atoms with E-state index in [9.17, 15) is 13.6 Å². The van der Waals surface area contributed by atoms with E-state index < -0.39 is 12.1 Å². The van der Waals surface area contributed by atoms with E-state index >= 15 is 0 Å². The molecular formula is C26H33F2N3O3. The Labute approximate surface area is 199 Å². The average molecular weight is 474 g/mol. The van der Waals surface area contributed by atoms with Crippen LogP contribution in [0, 0.1) is 5.41 Å². The average Bonchev–Trinajstić information content (AvgIpc) is 3.38. The molecule has 0 unspecified atom stereocenters. The Morgan fingerprint density at radius 2 is 2.18 bits per heavy atom. The van der Waals surface area contributed by atoms with Gasteiger partial charge < -0.3 is 19.3 Å². The molecule has 1 aromatic heterocycles. The first-order valence-corrected chi connectivity index (χ1v) is 11.5. The molecule has 0 aliphatic heterocycles. The van der Waals surface area contributed by atoms with Crippen LogP contribution in [-0.4, -0.2) is 31.5 Å². The summed E-state index contributed by atoms with van der Waals surface area (Å²) in [6, 6.07) is 6.17. The maximum absolute atomic E-state index is 13.0. The third-order valence-electron chi connectivity index (χ3n) is 6.13. The molecule has 0 saturated carbocycles. The molecule has 0 amide bonds. The number of oxazole rings is 1. The quantitative estimate of drug-likeness (QED) is 0.264. The molecule has 3 rings (SSSR count). The second kappa shape index (κ2) is 11.0. The van der Waals surface area contributed by atoms with Crippen molar-refractivity contribution >= 4 is 13.0 Å². The minimum Gasteiger partial charge on any atom is -0.493 e. The predicted molar refractivity (Wildman–Crippen MR) is 127 cm³/mol. The van der Waals surface area contributed by atoms with Gasteiger partial charge >= 0.3 is 0 Å². The minimum atomic E-state index is -2.77. The normalized spacial score (nSPS) is 17.0. The molecule has 0 spiro atoms. The highest BCUT2D eigenvalue weighted by Crippen LogP contribution is 2.42. The zero-order valence-corrected chi connectivity index (χ0v) is 20.2. The number of aldehydes is 1. The molecule has 2 aromatic rings. The number of halogens is 2. The third kappa shape index (κ3) is 5.78. The number of nitrogens with one attached hydrogen (secondary N) is 1. The van der Waals surface area contributed by atoms with Gasteiger partial charge in [-0.05, 0) is 55.1 Å². The zero-order valence-electron chi connectivity index (χ0n) is 20.2. The summed E-state index contributed by atoms with van der Waals surface area (Å²) in [4.78, 5) is 18.9. The van der Waals surface area contributed by atoms with Gasteiger partial charge in [-0.15, -0.1) is 0 Å². The molecule has 1 aliphatic rings. The molecule has 34 heavy (non-hydrogen) atoms. The van der Waals surface area contributed by atoms with E-state index in [1.54, 1.807) is 0 Å². The lowest BCUT2D eigenvalue weighted by Gasteiger charge is -2.27. The summed E-state index contributed by atoms with van der Waals surface area (Å²) in [5, 5.41) is 3.27. The molecule has 2 atom stereocenters. The van der Waals surface area contributed by atoms with Gasteiger partial charge in [-0.25, -0.2) is 13.8 Å². The predicted octanol–water partition coefficient (Wildman–Crippen LogP) is 5.51. The van der Waals surface area contributed by atoms with Crippen LogP contribution >= 0.6 is 0 Å². The molecule has 1 aromatic carbocycles. The summed E-state index contributed by atoms with van der Waals surface area (Å²) in [7, 11) is 1.85. The molecule has 0 bridgehead atoms. The van der Waals surface area contributed by atoms with Crippen LogP contribution in [0.15, 0.2) is 39.6 Å². The fourth-order valence-electron chi connectivity index (χ4n) is 4.48. The number of aryl methyl sites for hydroxylation is 2. The van der Waals surface area contributed by atoms with Crippen LogP contribution in [0.5, 0.6) is 0 Å². The van der Waals surface area contributed by atoms with Gasteiger partial charge in [0, 0.05) is 12.3 Å². The van der Waals surface area contributed by atoms with Crippen molar-refractivity contribution in [1.82, 2.24) is 10.3 Å². The summed E-state index contributed by atoms with van der Waals surface area (Å²) < 4.78 is 37.8. The zero-order chi connectivity index (χ0) is 24.9. The number of fused-ring (bicyclic) bond motifs is 1. The van der Waals surface area contributed by atoms with Crippen molar-refractivity contribution in [3.63, 3.8) is 0 Å². The van der Waals surface area contributed by atoms with Crippen molar-refractivity contribution in [2.24, 2.45) is 10.4 Å². The number of benzene rings is 1. The minimum absolute atomic E-state index is 0.0260. The molecule has 184 valence electrons. The molecule has 0 saturated heterocycles. The molecular weight excluding hydrogens is 440 g/mol. The number of ether oxygens (including phenoxy) is 1. The Balaban J connectivity index is 1.99. The Bertz CT molecular complexity index is 1040. The SMILES string of the molecule is C=N/C(=C\OCc1nc([C@@H](NC)C(C)(C)C)oc1[C@H]1CCc2ccc(CCC=O)cc21)C(F)F. The van der Waals surface area contributed by atoms with Gasteiger partial charge in [0.05, 0.1) is 6.04 Å². The fraction of sp³-hybridized carbons (Fsp3) is 0.500. The van der Waals surface area contributed by atoms with Gasteiger partial charge in [-0.3, -0.25) is 4.99 Å². The Kier molecular flexibility index (Phi) is 8.36. The van der Waals surface area contributed by atoms with Crippen LogP contribution in [0.1, 0.15) is 79.6 Å². The maximum atomic E-state index is 13.0. The number of carbonyl (C=O) groups is 1. The van der Waals surface area contributed by atoms with Crippen molar-refractivity contribution in [3.05, 3.63) is 64.2 Å². The van der Waals surface area contributed by atoms with E-state index in [2.05, 4.69) is 56.0 Å². The van der Waals surface area contributed by atoms with Gasteiger partial charge in [0.25, 0.3) is 6.43 Å². The monoisotopic (exact) mass is 473 g/mol. The van der Waals surface area contributed by atoms with Gasteiger partial charge in [-0.2, -0.15) is 0 Å². The maximum Gasteiger partial charge on any atom is 0.283 e. The summed E-state index contributed by atoms with van der Waals surface area (Å²) in [6.45, 7) is 9.41. The van der Waals surface area contributed by atoms with E-state index in [1.807, 2.05) is 7.05 Å². The number of hydrogen-bond donors (Lipinski definition) is 1. The topological polar surface area (TPSA) is 76.7 Å². The van der Waals surface area contributed by atoms with Gasteiger partial charge in [0.15, 0.2) is 0 Å². The Morgan fingerprint density at radius 3 is 2.79 bits per heavy atom. The number of carbonyl (C=O) groups excluding carboxylic acids is 1. The number of rotatable bonds is 11. The van der Waals surface area contributed by atoms with Crippen LogP contribution in [0.25, 0.3) is 0 Å². The van der Waals surface area contributed by atoms with Crippen molar-refractivity contribution < 1.29 is 22.7 Å². The molecule has 1 aliphatic carbocycles. The second-order valence-electron chi connectivity index (χ2n) is 9.59. The first kappa shape index (κ1) is 25.7. The van der Waals surface area contributed by atoms with E-state index in [-0.39, 0.29) is 24.0 Å². The smallest absolute Gasteiger partial charge is 0.283 e. The number of aliphatic imine (C=N–C) groups is 1. The highest BCUT2D eigenvalue weighted by atomic mass is 19.3. The Hall–Kier alpha value is -2.87. The first-order valence-electron chi connectivity index (χ1n) is 11.5. The Morgan fingerprint density at radius 1 is 1.41 bits per heavy atom. The van der Waals surface area contributed by atoms with Crippen molar-refractivity contribution in [3.8, 4) is 0 Å². The molecule has 0 fully saturated rings. The van der Waals surface area contributed by atoms with Crippen LogP contribution in [-0.2, 0) is 29.0 Å². The van der Waals surface area contributed by atoms with Crippen LogP contribution in [0.4, 0.5) is 8.78 Å². The molecule has 0 radical (unpaired) electrons. The number of nitrogens with zero attached hydrogens (tertiary/aromatic N) is 2. The summed E-state index contributed by atoms with van der Waals surface area (Å²) in [6.07, 6.45) is 1.98. The third-order valence-corrected chi connectivity index (χ3v) is 6.13. The lowest BCUT2D eigenvalue weighted by molar-refractivity contribution is -0.107. The lowest BCUT2D eigenvalue weighted by atomic mass is 9.87. The first-order chi connectivity index (χ1) is 16.2. The van der Waals surface area contributed by atoms with Crippen LogP contribution in [0.2, 0.25) is 0 Å². The van der Waals surface area contributed by atoms with E-state index in [1.165, 1.54) is 5.56 Å². The van der Waals surface area contributed by atoms with E-state index in [4.69, 9.17) is 14.1 Å².